The minimum Gasteiger partial charge on any atom is -0.353 e. The zero-order chi connectivity index (χ0) is 15.6. The smallest absolute Gasteiger partial charge is 0.224 e. The highest BCUT2D eigenvalue weighted by Crippen LogP contribution is 2.28. The van der Waals surface area contributed by atoms with Crippen LogP contribution in [0.5, 0.6) is 0 Å². The molecule has 1 aliphatic rings. The van der Waals surface area contributed by atoms with Crippen molar-refractivity contribution in [1.82, 2.24) is 10.6 Å². The molecule has 118 valence electrons. The highest BCUT2D eigenvalue weighted by molar-refractivity contribution is 5.79. The lowest BCUT2D eigenvalue weighted by atomic mass is 9.79. The molecule has 4 N–H and O–H groups in total. The number of nitrogens with one attached hydrogen (secondary N) is 2. The van der Waals surface area contributed by atoms with Crippen molar-refractivity contribution in [1.29, 1.82) is 0 Å². The van der Waals surface area contributed by atoms with E-state index < -0.39 is 0 Å². The van der Waals surface area contributed by atoms with E-state index >= 15 is 0 Å². The molecule has 1 rings (SSSR count). The Morgan fingerprint density at radius 2 is 1.75 bits per heavy atom. The molecular formula is C16H33N3O. The summed E-state index contributed by atoms with van der Waals surface area (Å²) in [5, 5.41) is 6.86. The average molecular weight is 283 g/mol. The third-order valence-electron chi connectivity index (χ3n) is 3.95. The second-order valence-electron chi connectivity index (χ2n) is 8.07. The molecule has 0 bridgehead atoms. The maximum atomic E-state index is 12.4. The molecule has 1 amide bonds. The van der Waals surface area contributed by atoms with Crippen LogP contribution in [0.25, 0.3) is 0 Å². The van der Waals surface area contributed by atoms with Crippen LogP contribution in [0.1, 0.15) is 60.8 Å². The molecule has 1 atom stereocenters. The fraction of sp³-hybridized carbons (Fsp3) is 0.938. The molecular weight excluding hydrogens is 250 g/mol. The summed E-state index contributed by atoms with van der Waals surface area (Å²) in [6.07, 6.45) is 2.78. The fourth-order valence-electron chi connectivity index (χ4n) is 3.62. The molecule has 1 saturated heterocycles. The van der Waals surface area contributed by atoms with Gasteiger partial charge >= 0.3 is 0 Å². The number of hydrogen-bond acceptors (Lipinski definition) is 3. The third kappa shape index (κ3) is 5.41. The second-order valence-corrected chi connectivity index (χ2v) is 8.07. The summed E-state index contributed by atoms with van der Waals surface area (Å²) in [4.78, 5) is 12.4. The van der Waals surface area contributed by atoms with Gasteiger partial charge in [-0.1, -0.05) is 13.8 Å². The summed E-state index contributed by atoms with van der Waals surface area (Å²) >= 11 is 0. The van der Waals surface area contributed by atoms with E-state index in [9.17, 15) is 4.79 Å². The van der Waals surface area contributed by atoms with Crippen LogP contribution < -0.4 is 16.4 Å². The van der Waals surface area contributed by atoms with E-state index in [-0.39, 0.29) is 28.9 Å². The lowest BCUT2D eigenvalue weighted by Crippen LogP contribution is -2.62. The number of rotatable bonds is 5. The molecule has 1 heterocycles. The Balaban J connectivity index is 2.64. The Morgan fingerprint density at radius 3 is 2.15 bits per heavy atom. The van der Waals surface area contributed by atoms with Crippen molar-refractivity contribution in [2.75, 3.05) is 6.54 Å². The van der Waals surface area contributed by atoms with Gasteiger partial charge in [0.15, 0.2) is 0 Å². The predicted octanol–water partition coefficient (Wildman–Crippen LogP) is 2.03. The summed E-state index contributed by atoms with van der Waals surface area (Å²) in [6.45, 7) is 13.5. The highest BCUT2D eigenvalue weighted by atomic mass is 16.2. The molecule has 1 fully saturated rings. The van der Waals surface area contributed by atoms with E-state index in [1.807, 2.05) is 0 Å². The van der Waals surface area contributed by atoms with Crippen LogP contribution in [0, 0.1) is 11.8 Å². The van der Waals surface area contributed by atoms with Crippen molar-refractivity contribution < 1.29 is 4.79 Å². The SMILES string of the molecule is CC(C)CC(CN)C(=O)NC1CC(C)(C)NC(C)(C)C1. The largest absolute Gasteiger partial charge is 0.353 e. The molecule has 0 saturated carbocycles. The van der Waals surface area contributed by atoms with Crippen molar-refractivity contribution in [3.63, 3.8) is 0 Å². The summed E-state index contributed by atoms with van der Waals surface area (Å²) in [5.41, 5.74) is 5.86. The summed E-state index contributed by atoms with van der Waals surface area (Å²) < 4.78 is 0. The zero-order valence-corrected chi connectivity index (χ0v) is 14.0. The summed E-state index contributed by atoms with van der Waals surface area (Å²) in [5.74, 6) is 0.561. The third-order valence-corrected chi connectivity index (χ3v) is 3.95. The van der Waals surface area contributed by atoms with E-state index in [1.165, 1.54) is 0 Å². The predicted molar refractivity (Wildman–Crippen MR) is 84.5 cm³/mol. The quantitative estimate of drug-likeness (QED) is 0.723. The van der Waals surface area contributed by atoms with Crippen LogP contribution in [0.2, 0.25) is 0 Å². The minimum absolute atomic E-state index is 0.0515. The van der Waals surface area contributed by atoms with Gasteiger partial charge in [0, 0.05) is 23.7 Å². The van der Waals surface area contributed by atoms with Crippen LogP contribution in [0.4, 0.5) is 0 Å². The average Bonchev–Trinajstić information content (AvgIpc) is 2.20. The van der Waals surface area contributed by atoms with Gasteiger partial charge in [-0.25, -0.2) is 0 Å². The van der Waals surface area contributed by atoms with Crippen molar-refractivity contribution in [2.45, 2.75) is 77.9 Å². The number of nitrogens with two attached hydrogens (primary N) is 1. The van der Waals surface area contributed by atoms with Crippen LogP contribution >= 0.6 is 0 Å². The van der Waals surface area contributed by atoms with Gasteiger partial charge < -0.3 is 16.4 Å². The van der Waals surface area contributed by atoms with Crippen molar-refractivity contribution in [2.24, 2.45) is 17.6 Å². The van der Waals surface area contributed by atoms with E-state index in [4.69, 9.17) is 5.73 Å². The van der Waals surface area contributed by atoms with Crippen LogP contribution in [-0.2, 0) is 4.79 Å². The first-order valence-corrected chi connectivity index (χ1v) is 7.84. The number of piperidine rings is 1. The van der Waals surface area contributed by atoms with Gasteiger partial charge in [0.2, 0.25) is 5.91 Å². The second kappa shape index (κ2) is 6.44. The van der Waals surface area contributed by atoms with Crippen molar-refractivity contribution in [3.05, 3.63) is 0 Å². The normalized spacial score (nSPS) is 23.6. The molecule has 0 radical (unpaired) electrons. The maximum absolute atomic E-state index is 12.4. The van der Waals surface area contributed by atoms with Crippen molar-refractivity contribution in [3.8, 4) is 0 Å². The number of carbonyl (C=O) groups is 1. The maximum Gasteiger partial charge on any atom is 0.224 e. The first kappa shape index (κ1) is 17.4. The lowest BCUT2D eigenvalue weighted by Gasteiger charge is -2.46. The molecule has 1 unspecified atom stereocenters. The first-order valence-electron chi connectivity index (χ1n) is 7.84. The summed E-state index contributed by atoms with van der Waals surface area (Å²) in [7, 11) is 0. The number of carbonyl (C=O) groups excluding carboxylic acids is 1. The molecule has 20 heavy (non-hydrogen) atoms. The molecule has 4 heteroatoms. The Labute approximate surface area is 124 Å². The number of amides is 1. The molecule has 0 aromatic heterocycles. The highest BCUT2D eigenvalue weighted by Gasteiger charge is 2.38. The van der Waals surface area contributed by atoms with E-state index in [0.29, 0.717) is 12.5 Å². The molecule has 0 spiro atoms. The lowest BCUT2D eigenvalue weighted by molar-refractivity contribution is -0.126. The van der Waals surface area contributed by atoms with E-state index in [1.54, 1.807) is 0 Å². The van der Waals surface area contributed by atoms with Crippen molar-refractivity contribution >= 4 is 5.91 Å². The van der Waals surface area contributed by atoms with E-state index in [0.717, 1.165) is 19.3 Å². The van der Waals surface area contributed by atoms with Gasteiger partial charge in [-0.15, -0.1) is 0 Å². The van der Waals surface area contributed by atoms with Crippen LogP contribution in [0.3, 0.4) is 0 Å². The van der Waals surface area contributed by atoms with Gasteiger partial charge in [0.1, 0.15) is 0 Å². The van der Waals surface area contributed by atoms with Gasteiger partial charge in [-0.2, -0.15) is 0 Å². The summed E-state index contributed by atoms with van der Waals surface area (Å²) in [6, 6.07) is 0.231. The van der Waals surface area contributed by atoms with E-state index in [2.05, 4.69) is 52.2 Å². The monoisotopic (exact) mass is 283 g/mol. The molecule has 0 aromatic carbocycles. The molecule has 4 nitrogen and oxygen atoms in total. The topological polar surface area (TPSA) is 67.2 Å². The fourth-order valence-corrected chi connectivity index (χ4v) is 3.62. The Morgan fingerprint density at radius 1 is 1.25 bits per heavy atom. The Hall–Kier alpha value is -0.610. The Kier molecular flexibility index (Phi) is 5.61. The van der Waals surface area contributed by atoms with Gasteiger partial charge in [-0.05, 0) is 52.9 Å². The molecule has 0 aliphatic carbocycles. The van der Waals surface area contributed by atoms with Gasteiger partial charge in [0.05, 0.1) is 5.92 Å². The van der Waals surface area contributed by atoms with Crippen LogP contribution in [-0.4, -0.2) is 29.6 Å². The molecule has 1 aliphatic heterocycles. The zero-order valence-electron chi connectivity index (χ0n) is 14.0. The number of hydrogen-bond donors (Lipinski definition) is 3. The Bertz CT molecular complexity index is 321. The van der Waals surface area contributed by atoms with Crippen LogP contribution in [0.15, 0.2) is 0 Å². The van der Waals surface area contributed by atoms with Gasteiger partial charge in [0.25, 0.3) is 0 Å². The minimum atomic E-state index is -0.0592. The standard InChI is InChI=1S/C16H33N3O/c1-11(2)7-12(10-17)14(20)18-13-8-15(3,4)19-16(5,6)9-13/h11-13,19H,7-10,17H2,1-6H3,(H,18,20). The van der Waals surface area contributed by atoms with Gasteiger partial charge in [-0.3, -0.25) is 4.79 Å². The molecule has 0 aromatic rings. The first-order chi connectivity index (χ1) is 9.04.